The first kappa shape index (κ1) is 10.4. The molecule has 0 fully saturated rings. The highest BCUT2D eigenvalue weighted by Crippen LogP contribution is 2.17. The van der Waals surface area contributed by atoms with Gasteiger partial charge < -0.3 is 10.7 Å². The predicted molar refractivity (Wildman–Crippen MR) is 60.2 cm³/mol. The van der Waals surface area contributed by atoms with Crippen LogP contribution in [0.15, 0.2) is 24.7 Å². The van der Waals surface area contributed by atoms with Gasteiger partial charge in [-0.2, -0.15) is 0 Å². The van der Waals surface area contributed by atoms with Crippen LogP contribution in [0.25, 0.3) is 0 Å². The van der Waals surface area contributed by atoms with Crippen LogP contribution in [0, 0.1) is 0 Å². The SMILES string of the molecule is Nc1cc(C(=O)Nc2ncc[nH]2)c(Cl)cn1. The summed E-state index contributed by atoms with van der Waals surface area (Å²) >= 11 is 5.82. The van der Waals surface area contributed by atoms with Gasteiger partial charge in [-0.1, -0.05) is 11.6 Å². The average Bonchev–Trinajstić information content (AvgIpc) is 2.74. The Kier molecular flexibility index (Phi) is 2.74. The summed E-state index contributed by atoms with van der Waals surface area (Å²) in [4.78, 5) is 22.1. The van der Waals surface area contributed by atoms with E-state index in [0.717, 1.165) is 0 Å². The number of carbonyl (C=O) groups excluding carboxylic acids is 1. The minimum absolute atomic E-state index is 0.231. The third-order valence-electron chi connectivity index (χ3n) is 1.85. The maximum Gasteiger partial charge on any atom is 0.259 e. The smallest absolute Gasteiger partial charge is 0.259 e. The minimum Gasteiger partial charge on any atom is -0.384 e. The highest BCUT2D eigenvalue weighted by Gasteiger charge is 2.12. The number of pyridine rings is 1. The first-order valence-electron chi connectivity index (χ1n) is 4.38. The first-order chi connectivity index (χ1) is 7.66. The molecule has 0 aliphatic heterocycles. The Morgan fingerprint density at radius 1 is 1.50 bits per heavy atom. The normalized spacial score (nSPS) is 10.1. The maximum absolute atomic E-state index is 11.7. The van der Waals surface area contributed by atoms with Crippen molar-refractivity contribution in [3.63, 3.8) is 0 Å². The number of halogens is 1. The van der Waals surface area contributed by atoms with Crippen molar-refractivity contribution in [2.75, 3.05) is 11.1 Å². The van der Waals surface area contributed by atoms with E-state index in [1.807, 2.05) is 0 Å². The van der Waals surface area contributed by atoms with E-state index >= 15 is 0 Å². The van der Waals surface area contributed by atoms with Crippen molar-refractivity contribution in [2.24, 2.45) is 0 Å². The minimum atomic E-state index is -0.394. The summed E-state index contributed by atoms with van der Waals surface area (Å²) in [6.07, 6.45) is 4.45. The topological polar surface area (TPSA) is 96.7 Å². The molecular formula is C9H8ClN5O. The molecule has 0 spiro atoms. The van der Waals surface area contributed by atoms with E-state index in [0.29, 0.717) is 5.95 Å². The fraction of sp³-hybridized carbons (Fsp3) is 0. The average molecular weight is 238 g/mol. The number of anilines is 2. The molecule has 16 heavy (non-hydrogen) atoms. The summed E-state index contributed by atoms with van der Waals surface area (Å²) in [7, 11) is 0. The van der Waals surface area contributed by atoms with Crippen molar-refractivity contribution in [1.82, 2.24) is 15.0 Å². The molecule has 0 unspecified atom stereocenters. The number of nitrogens with two attached hydrogens (primary N) is 1. The van der Waals surface area contributed by atoms with Crippen LogP contribution in [-0.4, -0.2) is 20.9 Å². The third-order valence-corrected chi connectivity index (χ3v) is 2.15. The Morgan fingerprint density at radius 3 is 3.00 bits per heavy atom. The van der Waals surface area contributed by atoms with E-state index in [2.05, 4.69) is 20.3 Å². The fourth-order valence-electron chi connectivity index (χ4n) is 1.14. The van der Waals surface area contributed by atoms with Crippen LogP contribution in [0.5, 0.6) is 0 Å². The molecule has 0 radical (unpaired) electrons. The van der Waals surface area contributed by atoms with Crippen LogP contribution in [0.3, 0.4) is 0 Å². The van der Waals surface area contributed by atoms with Gasteiger partial charge in [-0.25, -0.2) is 9.97 Å². The lowest BCUT2D eigenvalue weighted by molar-refractivity contribution is 0.102. The van der Waals surface area contributed by atoms with Gasteiger partial charge in [-0.05, 0) is 6.07 Å². The van der Waals surface area contributed by atoms with Crippen LogP contribution >= 0.6 is 11.6 Å². The molecule has 2 heterocycles. The van der Waals surface area contributed by atoms with Crippen LogP contribution in [0.2, 0.25) is 5.02 Å². The zero-order valence-electron chi connectivity index (χ0n) is 8.07. The van der Waals surface area contributed by atoms with E-state index in [4.69, 9.17) is 17.3 Å². The lowest BCUT2D eigenvalue weighted by Gasteiger charge is -2.04. The van der Waals surface area contributed by atoms with Gasteiger partial charge in [0.05, 0.1) is 10.6 Å². The van der Waals surface area contributed by atoms with E-state index in [-0.39, 0.29) is 16.4 Å². The number of nitrogens with zero attached hydrogens (tertiary/aromatic N) is 2. The molecule has 4 N–H and O–H groups in total. The summed E-state index contributed by atoms with van der Waals surface area (Å²) in [6.45, 7) is 0. The Hall–Kier alpha value is -2.08. The van der Waals surface area contributed by atoms with Crippen molar-refractivity contribution in [2.45, 2.75) is 0 Å². The second-order valence-electron chi connectivity index (χ2n) is 2.98. The second-order valence-corrected chi connectivity index (χ2v) is 3.39. The first-order valence-corrected chi connectivity index (χ1v) is 4.76. The molecule has 0 bridgehead atoms. The summed E-state index contributed by atoms with van der Waals surface area (Å²) in [5, 5.41) is 2.77. The van der Waals surface area contributed by atoms with Crippen molar-refractivity contribution in [1.29, 1.82) is 0 Å². The number of amides is 1. The molecule has 2 aromatic heterocycles. The number of hydrogen-bond donors (Lipinski definition) is 3. The molecule has 0 saturated heterocycles. The van der Waals surface area contributed by atoms with E-state index < -0.39 is 5.91 Å². The van der Waals surface area contributed by atoms with Crippen LogP contribution in [-0.2, 0) is 0 Å². The lowest BCUT2D eigenvalue weighted by Crippen LogP contribution is -2.14. The van der Waals surface area contributed by atoms with E-state index in [9.17, 15) is 4.79 Å². The highest BCUT2D eigenvalue weighted by atomic mass is 35.5. The van der Waals surface area contributed by atoms with Crippen molar-refractivity contribution < 1.29 is 4.79 Å². The van der Waals surface area contributed by atoms with Crippen LogP contribution in [0.4, 0.5) is 11.8 Å². The van der Waals surface area contributed by atoms with Crippen LogP contribution in [0.1, 0.15) is 10.4 Å². The molecular weight excluding hydrogens is 230 g/mol. The molecule has 0 atom stereocenters. The molecule has 82 valence electrons. The molecule has 2 rings (SSSR count). The number of rotatable bonds is 2. The lowest BCUT2D eigenvalue weighted by atomic mass is 10.2. The highest BCUT2D eigenvalue weighted by molar-refractivity contribution is 6.34. The summed E-state index contributed by atoms with van der Waals surface area (Å²) in [6, 6.07) is 1.40. The van der Waals surface area contributed by atoms with Crippen molar-refractivity contribution >= 4 is 29.3 Å². The maximum atomic E-state index is 11.7. The number of imidazole rings is 1. The van der Waals surface area contributed by atoms with Gasteiger partial charge in [-0.3, -0.25) is 10.1 Å². The van der Waals surface area contributed by atoms with Crippen molar-refractivity contribution in [3.8, 4) is 0 Å². The largest absolute Gasteiger partial charge is 0.384 e. The summed E-state index contributed by atoms with van der Waals surface area (Å²) in [5.41, 5.74) is 5.72. The van der Waals surface area contributed by atoms with Crippen molar-refractivity contribution in [3.05, 3.63) is 35.2 Å². The van der Waals surface area contributed by atoms with Gasteiger partial charge in [-0.15, -0.1) is 0 Å². The van der Waals surface area contributed by atoms with Crippen LogP contribution < -0.4 is 11.1 Å². The molecule has 6 nitrogen and oxygen atoms in total. The Balaban J connectivity index is 2.24. The predicted octanol–water partition coefficient (Wildman–Crippen LogP) is 1.29. The number of nitrogen functional groups attached to an aromatic ring is 1. The fourth-order valence-corrected chi connectivity index (χ4v) is 1.33. The third kappa shape index (κ3) is 2.12. The molecule has 2 aromatic rings. The molecule has 0 aliphatic rings. The Labute approximate surface area is 95.9 Å². The van der Waals surface area contributed by atoms with Gasteiger partial charge in [0.15, 0.2) is 0 Å². The zero-order valence-corrected chi connectivity index (χ0v) is 8.82. The van der Waals surface area contributed by atoms with Gasteiger partial charge in [0.1, 0.15) is 5.82 Å². The molecule has 7 heteroatoms. The van der Waals surface area contributed by atoms with Gasteiger partial charge >= 0.3 is 0 Å². The number of aromatic nitrogens is 3. The number of aromatic amines is 1. The summed E-state index contributed by atoms with van der Waals surface area (Å²) in [5.74, 6) is 0.180. The number of nitrogens with one attached hydrogen (secondary N) is 2. The quantitative estimate of drug-likeness (QED) is 0.733. The Morgan fingerprint density at radius 2 is 2.31 bits per heavy atom. The molecule has 0 aromatic carbocycles. The van der Waals surface area contributed by atoms with E-state index in [1.54, 1.807) is 6.20 Å². The second kappa shape index (κ2) is 4.19. The number of hydrogen-bond acceptors (Lipinski definition) is 4. The molecule has 0 saturated carbocycles. The zero-order chi connectivity index (χ0) is 11.5. The Bertz CT molecular complexity index is 511. The number of carbonyl (C=O) groups is 1. The summed E-state index contributed by atoms with van der Waals surface area (Å²) < 4.78 is 0. The van der Waals surface area contributed by atoms with Gasteiger partial charge in [0.25, 0.3) is 5.91 Å². The number of H-pyrrole nitrogens is 1. The van der Waals surface area contributed by atoms with Gasteiger partial charge in [0.2, 0.25) is 5.95 Å². The van der Waals surface area contributed by atoms with E-state index in [1.165, 1.54) is 18.5 Å². The standard InChI is InChI=1S/C9H8ClN5O/c10-6-4-14-7(11)3-5(6)8(16)15-9-12-1-2-13-9/h1-4H,(H2,11,14)(H2,12,13,15,16). The molecule has 1 amide bonds. The van der Waals surface area contributed by atoms with Gasteiger partial charge in [0, 0.05) is 18.6 Å². The monoisotopic (exact) mass is 237 g/mol. The molecule has 0 aliphatic carbocycles.